The average Bonchev–Trinajstić information content (AvgIpc) is 2.97. The molecule has 1 aromatic carbocycles. The number of amides is 2. The molecular formula is C22H27NO6. The predicted molar refractivity (Wildman–Crippen MR) is 104 cm³/mol. The third-order valence-electron chi connectivity index (χ3n) is 5.74. The van der Waals surface area contributed by atoms with Crippen LogP contribution in [0.2, 0.25) is 0 Å². The van der Waals surface area contributed by atoms with E-state index in [2.05, 4.69) is 0 Å². The number of fused-ring (bicyclic) bond motifs is 1. The van der Waals surface area contributed by atoms with Crippen molar-refractivity contribution in [2.24, 2.45) is 11.8 Å². The number of carbonyl (C=O) groups excluding carboxylic acids is 4. The summed E-state index contributed by atoms with van der Waals surface area (Å²) in [7, 11) is 0. The zero-order chi connectivity index (χ0) is 21.1. The highest BCUT2D eigenvalue weighted by Crippen LogP contribution is 2.39. The molecule has 0 spiro atoms. The summed E-state index contributed by atoms with van der Waals surface area (Å²) in [4.78, 5) is 50.7. The second kappa shape index (κ2) is 8.76. The van der Waals surface area contributed by atoms with Gasteiger partial charge in [0.2, 0.25) is 11.8 Å². The minimum Gasteiger partial charge on any atom is -0.493 e. The highest BCUT2D eigenvalue weighted by atomic mass is 16.5. The van der Waals surface area contributed by atoms with Crippen molar-refractivity contribution in [2.75, 3.05) is 6.61 Å². The zero-order valence-electron chi connectivity index (χ0n) is 17.1. The van der Waals surface area contributed by atoms with E-state index in [1.807, 2.05) is 6.92 Å². The number of likely N-dealkylation sites (tertiary alicyclic amines) is 1. The molecule has 0 radical (unpaired) electrons. The summed E-state index contributed by atoms with van der Waals surface area (Å²) < 4.78 is 10.9. The van der Waals surface area contributed by atoms with Crippen molar-refractivity contribution in [1.29, 1.82) is 0 Å². The summed E-state index contributed by atoms with van der Waals surface area (Å²) in [6.45, 7) is 5.13. The molecule has 3 unspecified atom stereocenters. The third-order valence-corrected chi connectivity index (χ3v) is 5.74. The average molecular weight is 401 g/mol. The Morgan fingerprint density at radius 1 is 1.14 bits per heavy atom. The molecule has 0 N–H and O–H groups in total. The minimum atomic E-state index is -0.980. The van der Waals surface area contributed by atoms with E-state index < -0.39 is 12.0 Å². The first-order chi connectivity index (χ1) is 13.8. The number of carbonyl (C=O) groups is 4. The minimum absolute atomic E-state index is 0.107. The maximum absolute atomic E-state index is 12.7. The van der Waals surface area contributed by atoms with E-state index in [9.17, 15) is 19.2 Å². The molecule has 7 nitrogen and oxygen atoms in total. The lowest BCUT2D eigenvalue weighted by Crippen LogP contribution is -2.44. The summed E-state index contributed by atoms with van der Waals surface area (Å²) in [5.74, 6) is -1.37. The van der Waals surface area contributed by atoms with Crippen LogP contribution in [0.25, 0.3) is 0 Å². The number of imide groups is 1. The van der Waals surface area contributed by atoms with Gasteiger partial charge >= 0.3 is 5.97 Å². The van der Waals surface area contributed by atoms with Crippen LogP contribution in [0.3, 0.4) is 0 Å². The third kappa shape index (κ3) is 4.18. The largest absolute Gasteiger partial charge is 0.493 e. The van der Waals surface area contributed by atoms with Gasteiger partial charge in [-0.1, -0.05) is 12.8 Å². The summed E-state index contributed by atoms with van der Waals surface area (Å²) in [5, 5.41) is 0. The van der Waals surface area contributed by atoms with Gasteiger partial charge in [-0.25, -0.2) is 4.79 Å². The fourth-order valence-corrected chi connectivity index (χ4v) is 4.15. The van der Waals surface area contributed by atoms with Crippen LogP contribution in [0.5, 0.6) is 5.75 Å². The molecule has 1 saturated heterocycles. The Morgan fingerprint density at radius 3 is 2.31 bits per heavy atom. The highest BCUT2D eigenvalue weighted by Gasteiger charge is 2.51. The van der Waals surface area contributed by atoms with Crippen LogP contribution in [-0.4, -0.2) is 41.1 Å². The van der Waals surface area contributed by atoms with E-state index in [1.54, 1.807) is 18.2 Å². The Balaban J connectivity index is 1.70. The maximum atomic E-state index is 12.7. The standard InChI is InChI=1S/C22H27NO6/c1-4-28-19-10-9-15(14(3)24)11-16(19)12-29-22(27)13(2)23-20(25)17-7-5-6-8-18(17)21(23)26/h9-11,13,17-18H,4-8,12H2,1-3H3. The lowest BCUT2D eigenvalue weighted by molar-refractivity contribution is -0.159. The van der Waals surface area contributed by atoms with Crippen molar-refractivity contribution in [3.8, 4) is 5.75 Å². The number of esters is 1. The van der Waals surface area contributed by atoms with Gasteiger partial charge in [-0.15, -0.1) is 0 Å². The second-order valence-corrected chi connectivity index (χ2v) is 7.64. The molecule has 0 aromatic heterocycles. The molecule has 156 valence electrons. The first kappa shape index (κ1) is 21.0. The number of Topliss-reactive ketones (excluding diaryl/α,β-unsaturated/α-hetero) is 1. The van der Waals surface area contributed by atoms with E-state index in [-0.39, 0.29) is 36.0 Å². The number of hydrogen-bond donors (Lipinski definition) is 0. The van der Waals surface area contributed by atoms with Crippen LogP contribution in [0.15, 0.2) is 18.2 Å². The monoisotopic (exact) mass is 401 g/mol. The van der Waals surface area contributed by atoms with Gasteiger partial charge in [0.05, 0.1) is 18.4 Å². The SMILES string of the molecule is CCOc1ccc(C(C)=O)cc1COC(=O)C(C)N1C(=O)C2CCCCC2C1=O. The molecule has 3 atom stereocenters. The molecule has 7 heteroatoms. The molecule has 1 saturated carbocycles. The summed E-state index contributed by atoms with van der Waals surface area (Å²) in [6, 6.07) is 3.98. The van der Waals surface area contributed by atoms with Crippen LogP contribution in [-0.2, 0) is 25.7 Å². The fourth-order valence-electron chi connectivity index (χ4n) is 4.15. The van der Waals surface area contributed by atoms with Gasteiger partial charge in [-0.05, 0) is 51.8 Å². The molecule has 2 fully saturated rings. The molecule has 0 bridgehead atoms. The Kier molecular flexibility index (Phi) is 6.35. The van der Waals surface area contributed by atoms with Crippen molar-refractivity contribution in [2.45, 2.75) is 59.1 Å². The molecule has 1 aliphatic heterocycles. The maximum Gasteiger partial charge on any atom is 0.329 e. The first-order valence-corrected chi connectivity index (χ1v) is 10.1. The number of hydrogen-bond acceptors (Lipinski definition) is 6. The topological polar surface area (TPSA) is 90.0 Å². The zero-order valence-corrected chi connectivity index (χ0v) is 17.1. The summed E-state index contributed by atoms with van der Waals surface area (Å²) in [5.41, 5.74) is 1.05. The number of rotatable bonds is 7. The van der Waals surface area contributed by atoms with E-state index in [1.165, 1.54) is 13.8 Å². The Labute approximate surface area is 170 Å². The van der Waals surface area contributed by atoms with Crippen LogP contribution >= 0.6 is 0 Å². The number of ketones is 1. The van der Waals surface area contributed by atoms with Crippen molar-refractivity contribution >= 4 is 23.6 Å². The summed E-state index contributed by atoms with van der Waals surface area (Å²) in [6.07, 6.45) is 3.26. The molecule has 2 amide bonds. The lowest BCUT2D eigenvalue weighted by atomic mass is 9.81. The van der Waals surface area contributed by atoms with Crippen molar-refractivity contribution in [3.63, 3.8) is 0 Å². The molecule has 1 aromatic rings. The van der Waals surface area contributed by atoms with Gasteiger partial charge in [0.1, 0.15) is 18.4 Å². The first-order valence-electron chi connectivity index (χ1n) is 10.1. The van der Waals surface area contributed by atoms with Crippen LogP contribution in [0.4, 0.5) is 0 Å². The Bertz CT molecular complexity index is 809. The van der Waals surface area contributed by atoms with E-state index in [0.29, 0.717) is 36.3 Å². The van der Waals surface area contributed by atoms with Gasteiger partial charge in [0.15, 0.2) is 5.78 Å². The van der Waals surface area contributed by atoms with Gasteiger partial charge in [0, 0.05) is 11.1 Å². The fraction of sp³-hybridized carbons (Fsp3) is 0.545. The molecule has 1 heterocycles. The molecule has 2 aliphatic rings. The molecular weight excluding hydrogens is 374 g/mol. The predicted octanol–water partition coefficient (Wildman–Crippen LogP) is 2.89. The highest BCUT2D eigenvalue weighted by molar-refractivity contribution is 6.07. The van der Waals surface area contributed by atoms with Crippen LogP contribution in [0.1, 0.15) is 62.4 Å². The van der Waals surface area contributed by atoms with Crippen molar-refractivity contribution in [3.05, 3.63) is 29.3 Å². The number of benzene rings is 1. The normalized spacial score (nSPS) is 22.2. The van der Waals surface area contributed by atoms with Crippen LogP contribution in [0, 0.1) is 11.8 Å². The van der Waals surface area contributed by atoms with Crippen LogP contribution < -0.4 is 4.74 Å². The van der Waals surface area contributed by atoms with E-state index in [0.717, 1.165) is 17.7 Å². The quantitative estimate of drug-likeness (QED) is 0.396. The lowest BCUT2D eigenvalue weighted by Gasteiger charge is -2.22. The van der Waals surface area contributed by atoms with Gasteiger partial charge < -0.3 is 9.47 Å². The van der Waals surface area contributed by atoms with E-state index >= 15 is 0 Å². The van der Waals surface area contributed by atoms with Gasteiger partial charge in [0.25, 0.3) is 0 Å². The Morgan fingerprint density at radius 2 is 1.76 bits per heavy atom. The molecule has 29 heavy (non-hydrogen) atoms. The van der Waals surface area contributed by atoms with E-state index in [4.69, 9.17) is 9.47 Å². The van der Waals surface area contributed by atoms with Crippen molar-refractivity contribution in [1.82, 2.24) is 4.90 Å². The molecule has 3 rings (SSSR count). The summed E-state index contributed by atoms with van der Waals surface area (Å²) >= 11 is 0. The molecule has 1 aliphatic carbocycles. The second-order valence-electron chi connectivity index (χ2n) is 7.64. The van der Waals surface area contributed by atoms with Crippen molar-refractivity contribution < 1.29 is 28.7 Å². The smallest absolute Gasteiger partial charge is 0.329 e. The number of ether oxygens (including phenoxy) is 2. The Hall–Kier alpha value is -2.70. The van der Waals surface area contributed by atoms with Gasteiger partial charge in [-0.2, -0.15) is 0 Å². The van der Waals surface area contributed by atoms with Gasteiger partial charge in [-0.3, -0.25) is 19.3 Å². The number of nitrogens with zero attached hydrogens (tertiary/aromatic N) is 1.